The van der Waals surface area contributed by atoms with Crippen molar-refractivity contribution < 1.29 is 28.8 Å². The van der Waals surface area contributed by atoms with Crippen LogP contribution in [0.5, 0.6) is 23.0 Å². The molecule has 0 saturated heterocycles. The summed E-state index contributed by atoms with van der Waals surface area (Å²) >= 11 is 0. The standard InChI is InChI=1S/C20H25NO7/c1-6-28-18(23)9-13(19-14(22)7-11(2)21-20(19)24)12-8-16(26-4)17(27-5)10-15(12)25-3/h7-8,10,13H,6,9H2,1-5H3,(H2,21,22,24)/t13-/m1/s1. The van der Waals surface area contributed by atoms with E-state index in [4.69, 9.17) is 18.9 Å². The van der Waals surface area contributed by atoms with E-state index >= 15 is 0 Å². The van der Waals surface area contributed by atoms with Crippen LogP contribution in [0.15, 0.2) is 23.0 Å². The normalized spacial score (nSPS) is 11.6. The summed E-state index contributed by atoms with van der Waals surface area (Å²) in [5.41, 5.74) is 0.533. The number of aryl methyl sites for hydroxylation is 1. The van der Waals surface area contributed by atoms with Crippen LogP contribution in [0.25, 0.3) is 0 Å². The summed E-state index contributed by atoms with van der Waals surface area (Å²) in [7, 11) is 4.43. The van der Waals surface area contributed by atoms with Crippen LogP contribution in [-0.4, -0.2) is 44.0 Å². The number of esters is 1. The number of aromatic amines is 1. The quantitative estimate of drug-likeness (QED) is 0.666. The van der Waals surface area contributed by atoms with Crippen LogP contribution >= 0.6 is 0 Å². The summed E-state index contributed by atoms with van der Waals surface area (Å²) < 4.78 is 21.2. The summed E-state index contributed by atoms with van der Waals surface area (Å²) in [6, 6.07) is 4.66. The maximum absolute atomic E-state index is 12.6. The number of carbonyl (C=O) groups is 1. The van der Waals surface area contributed by atoms with Gasteiger partial charge < -0.3 is 29.0 Å². The van der Waals surface area contributed by atoms with Crippen molar-refractivity contribution in [2.75, 3.05) is 27.9 Å². The van der Waals surface area contributed by atoms with Crippen molar-refractivity contribution in [3.05, 3.63) is 45.4 Å². The van der Waals surface area contributed by atoms with E-state index in [2.05, 4.69) is 4.98 Å². The smallest absolute Gasteiger partial charge is 0.306 e. The van der Waals surface area contributed by atoms with Crippen molar-refractivity contribution >= 4 is 5.97 Å². The summed E-state index contributed by atoms with van der Waals surface area (Å²) in [6.07, 6.45) is -0.167. The van der Waals surface area contributed by atoms with Gasteiger partial charge in [0.05, 0.1) is 39.9 Å². The highest BCUT2D eigenvalue weighted by Crippen LogP contribution is 2.42. The number of ether oxygens (including phenoxy) is 4. The molecule has 8 heteroatoms. The topological polar surface area (TPSA) is 107 Å². The molecular formula is C20H25NO7. The molecule has 152 valence electrons. The monoisotopic (exact) mass is 391 g/mol. The molecular weight excluding hydrogens is 366 g/mol. The highest BCUT2D eigenvalue weighted by atomic mass is 16.5. The zero-order chi connectivity index (χ0) is 20.8. The fourth-order valence-corrected chi connectivity index (χ4v) is 3.10. The molecule has 2 N–H and O–H groups in total. The number of aromatic nitrogens is 1. The van der Waals surface area contributed by atoms with Gasteiger partial charge in [-0.1, -0.05) is 0 Å². The third kappa shape index (κ3) is 4.39. The molecule has 0 spiro atoms. The Hall–Kier alpha value is -3.16. The minimum Gasteiger partial charge on any atom is -0.507 e. The molecule has 0 aliphatic rings. The second kappa shape index (κ2) is 9.16. The minimum atomic E-state index is -0.821. The largest absolute Gasteiger partial charge is 0.507 e. The Morgan fingerprint density at radius 2 is 1.68 bits per heavy atom. The number of methoxy groups -OCH3 is 3. The van der Waals surface area contributed by atoms with Crippen molar-refractivity contribution in [3.63, 3.8) is 0 Å². The van der Waals surface area contributed by atoms with Gasteiger partial charge in [-0.2, -0.15) is 0 Å². The Kier molecular flexibility index (Phi) is 6.92. The van der Waals surface area contributed by atoms with E-state index in [-0.39, 0.29) is 24.3 Å². The van der Waals surface area contributed by atoms with Crippen LogP contribution in [0, 0.1) is 6.92 Å². The molecule has 2 aromatic rings. The highest BCUT2D eigenvalue weighted by Gasteiger charge is 2.29. The van der Waals surface area contributed by atoms with E-state index < -0.39 is 17.4 Å². The molecule has 1 heterocycles. The first-order valence-electron chi connectivity index (χ1n) is 8.74. The molecule has 0 aliphatic carbocycles. The fourth-order valence-electron chi connectivity index (χ4n) is 3.10. The molecule has 1 aromatic carbocycles. The van der Waals surface area contributed by atoms with Crippen LogP contribution in [0.2, 0.25) is 0 Å². The van der Waals surface area contributed by atoms with Crippen molar-refractivity contribution in [1.82, 2.24) is 4.98 Å². The predicted molar refractivity (Wildman–Crippen MR) is 103 cm³/mol. The number of aromatic hydroxyl groups is 1. The Balaban J connectivity index is 2.73. The third-order valence-electron chi connectivity index (χ3n) is 4.32. The predicted octanol–water partition coefficient (Wildman–Crippen LogP) is 2.50. The Labute approximate surface area is 163 Å². The second-order valence-corrected chi connectivity index (χ2v) is 6.09. The molecule has 0 fully saturated rings. The molecule has 0 amide bonds. The lowest BCUT2D eigenvalue weighted by molar-refractivity contribution is -0.143. The lowest BCUT2D eigenvalue weighted by Crippen LogP contribution is -2.21. The van der Waals surface area contributed by atoms with E-state index in [0.29, 0.717) is 28.5 Å². The van der Waals surface area contributed by atoms with Crippen molar-refractivity contribution in [2.45, 2.75) is 26.2 Å². The van der Waals surface area contributed by atoms with E-state index in [1.807, 2.05) is 0 Å². The summed E-state index contributed by atoms with van der Waals surface area (Å²) in [5, 5.41) is 10.5. The van der Waals surface area contributed by atoms with Gasteiger partial charge in [-0.15, -0.1) is 0 Å². The Morgan fingerprint density at radius 3 is 2.21 bits per heavy atom. The number of H-pyrrole nitrogens is 1. The van der Waals surface area contributed by atoms with Gasteiger partial charge in [0.2, 0.25) is 0 Å². The minimum absolute atomic E-state index is 0.0455. The van der Waals surface area contributed by atoms with E-state index in [1.54, 1.807) is 26.0 Å². The molecule has 8 nitrogen and oxygen atoms in total. The van der Waals surface area contributed by atoms with Gasteiger partial charge in [0.25, 0.3) is 5.56 Å². The first-order chi connectivity index (χ1) is 13.4. The van der Waals surface area contributed by atoms with Crippen molar-refractivity contribution in [2.24, 2.45) is 0 Å². The van der Waals surface area contributed by atoms with Gasteiger partial charge in [-0.05, 0) is 26.0 Å². The van der Waals surface area contributed by atoms with Gasteiger partial charge in [0.1, 0.15) is 11.5 Å². The summed E-state index contributed by atoms with van der Waals surface area (Å²) in [4.78, 5) is 27.5. The molecule has 1 atom stereocenters. The van der Waals surface area contributed by atoms with Crippen molar-refractivity contribution in [3.8, 4) is 23.0 Å². The molecule has 0 unspecified atom stereocenters. The Morgan fingerprint density at radius 1 is 1.07 bits per heavy atom. The molecule has 0 bridgehead atoms. The maximum Gasteiger partial charge on any atom is 0.306 e. The van der Waals surface area contributed by atoms with Gasteiger partial charge >= 0.3 is 5.97 Å². The molecule has 0 saturated carbocycles. The number of pyridine rings is 1. The molecule has 2 rings (SSSR count). The van der Waals surface area contributed by atoms with E-state index in [9.17, 15) is 14.7 Å². The zero-order valence-corrected chi connectivity index (χ0v) is 16.6. The lowest BCUT2D eigenvalue weighted by atomic mass is 9.87. The maximum atomic E-state index is 12.6. The second-order valence-electron chi connectivity index (χ2n) is 6.09. The van der Waals surface area contributed by atoms with E-state index in [1.165, 1.54) is 27.4 Å². The average Bonchev–Trinajstić information content (AvgIpc) is 2.65. The number of hydrogen-bond donors (Lipinski definition) is 2. The van der Waals surface area contributed by atoms with Gasteiger partial charge in [0.15, 0.2) is 11.5 Å². The van der Waals surface area contributed by atoms with Crippen molar-refractivity contribution in [1.29, 1.82) is 0 Å². The van der Waals surface area contributed by atoms with Crippen LogP contribution in [0.4, 0.5) is 0 Å². The van der Waals surface area contributed by atoms with Crippen LogP contribution in [0.3, 0.4) is 0 Å². The third-order valence-corrected chi connectivity index (χ3v) is 4.32. The average molecular weight is 391 g/mol. The number of rotatable bonds is 8. The van der Waals surface area contributed by atoms with Crippen LogP contribution in [0.1, 0.15) is 36.1 Å². The number of nitrogens with one attached hydrogen (secondary N) is 1. The highest BCUT2D eigenvalue weighted by molar-refractivity contribution is 5.72. The van der Waals surface area contributed by atoms with E-state index in [0.717, 1.165) is 0 Å². The summed E-state index contributed by atoms with van der Waals surface area (Å²) in [5.74, 6) is -0.337. The molecule has 0 radical (unpaired) electrons. The molecule has 0 aliphatic heterocycles. The van der Waals surface area contributed by atoms with Gasteiger partial charge in [-0.25, -0.2) is 0 Å². The number of hydrogen-bond acceptors (Lipinski definition) is 7. The number of carbonyl (C=O) groups excluding carboxylic acids is 1. The van der Waals surface area contributed by atoms with Crippen LogP contribution in [-0.2, 0) is 9.53 Å². The zero-order valence-electron chi connectivity index (χ0n) is 16.6. The molecule has 28 heavy (non-hydrogen) atoms. The molecule has 1 aromatic heterocycles. The van der Waals surface area contributed by atoms with Gasteiger partial charge in [0, 0.05) is 23.2 Å². The fraction of sp³-hybridized carbons (Fsp3) is 0.400. The lowest BCUT2D eigenvalue weighted by Gasteiger charge is -2.22. The summed E-state index contributed by atoms with van der Waals surface area (Å²) in [6.45, 7) is 3.55. The Bertz CT molecular complexity index is 904. The first-order valence-corrected chi connectivity index (χ1v) is 8.74. The van der Waals surface area contributed by atoms with Crippen LogP contribution < -0.4 is 19.8 Å². The first kappa shape index (κ1) is 21.1. The number of benzene rings is 1. The van der Waals surface area contributed by atoms with Gasteiger partial charge in [-0.3, -0.25) is 9.59 Å². The SMILES string of the molecule is CCOC(=O)C[C@H](c1cc(OC)c(OC)cc1OC)c1c(O)cc(C)[nH]c1=O.